The number of aliphatic hydroxyl groups is 1. The maximum absolute atomic E-state index is 13.0. The summed E-state index contributed by atoms with van der Waals surface area (Å²) in [6, 6.07) is 25.3. The first kappa shape index (κ1) is 32.6. The molecule has 0 amide bonds. The molecule has 48 heavy (non-hydrogen) atoms. The van der Waals surface area contributed by atoms with Gasteiger partial charge in [-0.05, 0) is 47.0 Å². The molecule has 1 unspecified atom stereocenters. The average molecular weight is 651 g/mol. The van der Waals surface area contributed by atoms with E-state index in [4.69, 9.17) is 18.9 Å². The number of aromatic nitrogens is 4. The lowest BCUT2D eigenvalue weighted by Crippen LogP contribution is -2.38. The molecule has 2 aromatic heterocycles. The van der Waals surface area contributed by atoms with E-state index >= 15 is 0 Å². The van der Waals surface area contributed by atoms with Crippen LogP contribution in [0, 0.1) is 0 Å². The largest absolute Gasteiger partial charge is 0.497 e. The van der Waals surface area contributed by atoms with Gasteiger partial charge in [0.1, 0.15) is 35.3 Å². The molecule has 3 aromatic carbocycles. The summed E-state index contributed by atoms with van der Waals surface area (Å²) < 4.78 is 26.2. The molecule has 0 spiro atoms. The molecule has 0 bridgehead atoms. The van der Waals surface area contributed by atoms with Gasteiger partial charge in [0, 0.05) is 20.5 Å². The molecule has 12 heteroatoms. The number of nitrogens with zero attached hydrogens (tertiary/aromatic N) is 5. The van der Waals surface area contributed by atoms with Crippen LogP contribution in [-0.4, -0.2) is 83.0 Å². The van der Waals surface area contributed by atoms with Crippen molar-refractivity contribution in [2.24, 2.45) is 4.99 Å². The van der Waals surface area contributed by atoms with Crippen LogP contribution in [0.5, 0.6) is 11.5 Å². The van der Waals surface area contributed by atoms with Crippen molar-refractivity contribution in [1.82, 2.24) is 24.4 Å². The zero-order chi connectivity index (χ0) is 33.8. The highest BCUT2D eigenvalue weighted by Crippen LogP contribution is 2.43. The smallest absolute Gasteiger partial charge is 0.280 e. The van der Waals surface area contributed by atoms with Crippen molar-refractivity contribution in [3.63, 3.8) is 0 Å². The number of H-pyrrole nitrogens is 1. The summed E-state index contributed by atoms with van der Waals surface area (Å²) in [4.78, 5) is 30.6. The first-order valence-corrected chi connectivity index (χ1v) is 15.4. The summed E-state index contributed by atoms with van der Waals surface area (Å²) >= 11 is 0. The van der Waals surface area contributed by atoms with Crippen LogP contribution < -0.4 is 15.0 Å². The number of benzene rings is 3. The predicted octanol–water partition coefficient (Wildman–Crippen LogP) is 4.66. The van der Waals surface area contributed by atoms with Gasteiger partial charge in [-0.25, -0.2) is 9.98 Å². The van der Waals surface area contributed by atoms with Crippen molar-refractivity contribution in [2.75, 3.05) is 34.9 Å². The van der Waals surface area contributed by atoms with E-state index in [1.165, 1.54) is 12.4 Å². The van der Waals surface area contributed by atoms with Crippen LogP contribution in [0.4, 0.5) is 5.95 Å². The zero-order valence-electron chi connectivity index (χ0n) is 27.2. The molecule has 0 radical (unpaired) electrons. The number of aliphatic hydroxyl groups excluding tert-OH is 1. The quantitative estimate of drug-likeness (QED) is 0.112. The normalized spacial score (nSPS) is 19.0. The van der Waals surface area contributed by atoms with Gasteiger partial charge in [0.15, 0.2) is 11.2 Å². The Hall–Kier alpha value is -5.30. The van der Waals surface area contributed by atoms with Crippen LogP contribution in [-0.2, 0) is 15.1 Å². The van der Waals surface area contributed by atoms with Crippen molar-refractivity contribution in [2.45, 2.75) is 30.5 Å². The Kier molecular flexibility index (Phi) is 9.40. The third kappa shape index (κ3) is 6.20. The molecular formula is C36H38N6O6. The van der Waals surface area contributed by atoms with E-state index in [9.17, 15) is 9.90 Å². The lowest BCUT2D eigenvalue weighted by molar-refractivity contribution is -0.0932. The molecule has 1 aliphatic rings. The lowest BCUT2D eigenvalue weighted by atomic mass is 9.80. The fourth-order valence-electron chi connectivity index (χ4n) is 5.97. The molecule has 0 aliphatic carbocycles. The van der Waals surface area contributed by atoms with Gasteiger partial charge in [-0.1, -0.05) is 61.2 Å². The number of nitrogens with one attached hydrogen (secondary N) is 1. The lowest BCUT2D eigenvalue weighted by Gasteiger charge is -2.37. The Balaban J connectivity index is 1.39. The molecule has 0 saturated carbocycles. The summed E-state index contributed by atoms with van der Waals surface area (Å²) in [5.74, 6) is 1.87. The van der Waals surface area contributed by atoms with Gasteiger partial charge < -0.3 is 29.0 Å². The van der Waals surface area contributed by atoms with Gasteiger partial charge in [0.05, 0.1) is 33.3 Å². The molecule has 6 rings (SSSR count). The highest BCUT2D eigenvalue weighted by molar-refractivity contribution is 5.74. The highest BCUT2D eigenvalue weighted by atomic mass is 16.6. The first-order valence-electron chi connectivity index (χ1n) is 15.4. The summed E-state index contributed by atoms with van der Waals surface area (Å²) in [6.45, 7) is 3.89. The molecule has 1 aliphatic heterocycles. The molecule has 5 aromatic rings. The van der Waals surface area contributed by atoms with Crippen molar-refractivity contribution >= 4 is 29.5 Å². The Labute approximate surface area is 277 Å². The second-order valence-electron chi connectivity index (χ2n) is 11.6. The summed E-state index contributed by atoms with van der Waals surface area (Å²) in [7, 11) is 6.87. The van der Waals surface area contributed by atoms with Gasteiger partial charge >= 0.3 is 0 Å². The number of ether oxygens (including phenoxy) is 4. The van der Waals surface area contributed by atoms with Crippen LogP contribution in [0.2, 0.25) is 0 Å². The van der Waals surface area contributed by atoms with Gasteiger partial charge in [-0.2, -0.15) is 4.98 Å². The van der Waals surface area contributed by atoms with E-state index in [0.29, 0.717) is 17.3 Å². The minimum Gasteiger partial charge on any atom is -0.497 e. The molecule has 12 nitrogen and oxygen atoms in total. The monoisotopic (exact) mass is 650 g/mol. The molecule has 1 fully saturated rings. The van der Waals surface area contributed by atoms with Crippen LogP contribution >= 0.6 is 0 Å². The number of aromatic amines is 1. The van der Waals surface area contributed by atoms with E-state index < -0.39 is 29.6 Å². The van der Waals surface area contributed by atoms with E-state index in [1.807, 2.05) is 93.0 Å². The van der Waals surface area contributed by atoms with Crippen molar-refractivity contribution in [1.29, 1.82) is 0 Å². The fourth-order valence-corrected chi connectivity index (χ4v) is 5.97. The zero-order valence-corrected chi connectivity index (χ0v) is 27.2. The molecule has 1 saturated heterocycles. The third-order valence-electron chi connectivity index (χ3n) is 8.27. The minimum absolute atomic E-state index is 0.0121. The van der Waals surface area contributed by atoms with Gasteiger partial charge in [0.2, 0.25) is 5.95 Å². The van der Waals surface area contributed by atoms with E-state index in [1.54, 1.807) is 23.7 Å². The van der Waals surface area contributed by atoms with Crippen LogP contribution in [0.1, 0.15) is 35.2 Å². The number of imidazole rings is 1. The predicted molar refractivity (Wildman–Crippen MR) is 183 cm³/mol. The Morgan fingerprint density at radius 1 is 1.02 bits per heavy atom. The molecule has 248 valence electrons. The number of hydrogen-bond acceptors (Lipinski definition) is 9. The SMILES string of the molecule is C=Cc1nc2c(=O)[nH]c(N=CN(C)C)nc2n1[C@H]1C[C@H](O)[C@@H](COC(c2ccccc2)(c2ccc(OC)cc2)c2cccc(OC)c2)O1. The topological polar surface area (TPSA) is 136 Å². The molecule has 2 N–H and O–H groups in total. The highest BCUT2D eigenvalue weighted by Gasteiger charge is 2.42. The summed E-state index contributed by atoms with van der Waals surface area (Å²) in [5, 5.41) is 11.4. The molecular weight excluding hydrogens is 612 g/mol. The maximum Gasteiger partial charge on any atom is 0.280 e. The summed E-state index contributed by atoms with van der Waals surface area (Å²) in [5.41, 5.74) is 1.36. The van der Waals surface area contributed by atoms with E-state index in [0.717, 1.165) is 16.7 Å². The second-order valence-corrected chi connectivity index (χ2v) is 11.6. The van der Waals surface area contributed by atoms with Gasteiger partial charge in [-0.15, -0.1) is 0 Å². The van der Waals surface area contributed by atoms with Crippen LogP contribution in [0.3, 0.4) is 0 Å². The van der Waals surface area contributed by atoms with E-state index in [2.05, 4.69) is 26.5 Å². The van der Waals surface area contributed by atoms with Crippen LogP contribution in [0.15, 0.2) is 95.2 Å². The average Bonchev–Trinajstić information content (AvgIpc) is 3.68. The maximum atomic E-state index is 13.0. The van der Waals surface area contributed by atoms with Gasteiger partial charge in [-0.3, -0.25) is 14.3 Å². The van der Waals surface area contributed by atoms with E-state index in [-0.39, 0.29) is 30.1 Å². The number of methoxy groups -OCH3 is 2. The van der Waals surface area contributed by atoms with Crippen molar-refractivity contribution < 1.29 is 24.1 Å². The Bertz CT molecular complexity index is 1970. The number of fused-ring (bicyclic) bond motifs is 1. The number of aliphatic imine (C=N–C) groups is 1. The first-order chi connectivity index (χ1) is 23.3. The minimum atomic E-state index is -1.12. The van der Waals surface area contributed by atoms with Gasteiger partial charge in [0.25, 0.3) is 5.56 Å². The second kappa shape index (κ2) is 13.8. The van der Waals surface area contributed by atoms with Crippen molar-refractivity contribution in [3.8, 4) is 11.5 Å². The number of rotatable bonds is 12. The Morgan fingerprint density at radius 3 is 2.42 bits per heavy atom. The Morgan fingerprint density at radius 2 is 1.73 bits per heavy atom. The molecule has 4 atom stereocenters. The summed E-state index contributed by atoms with van der Waals surface area (Å²) in [6.07, 6.45) is 0.891. The van der Waals surface area contributed by atoms with Crippen molar-refractivity contribution in [3.05, 3.63) is 118 Å². The third-order valence-corrected chi connectivity index (χ3v) is 8.27. The van der Waals surface area contributed by atoms with Crippen LogP contribution in [0.25, 0.3) is 17.2 Å². The standard InChI is InChI=1S/C36H38N6O6/c1-6-30-38-32-33(39-35(40-34(32)44)37-22-41(2)3)42(30)31-20-28(43)29(48-31)21-47-36(23-11-8-7-9-12-23,24-15-17-26(45-4)18-16-24)25-13-10-14-27(19-25)46-5/h6-19,22,28-29,31,43H,1,20-21H2,2-5H3,(H,39,40,44)/t28-,29+,31+,36?/m0/s1. The molecule has 3 heterocycles. The number of hydrogen-bond donors (Lipinski definition) is 2. The fraction of sp³-hybridized carbons (Fsp3) is 0.278.